The second-order valence-corrected chi connectivity index (χ2v) is 15.6. The Bertz CT molecular complexity index is 3310. The molecule has 1 aliphatic rings. The highest BCUT2D eigenvalue weighted by atomic mass is 15.2. The SMILES string of the molecule is c1ccc(-c2cc(-c3ccccc3)nc(-n3c4ccc(-c5ccc6c(c5)-c5ccccc5[C@]6(c5ccccc5)c5ccccn5)cc4c4c5ccccc5ccc43)n2)cc1. The number of fused-ring (bicyclic) bond motifs is 8. The summed E-state index contributed by atoms with van der Waals surface area (Å²) in [6, 6.07) is 75.8. The van der Waals surface area contributed by atoms with Crippen molar-refractivity contribution in [3.8, 4) is 50.7 Å². The monoisotopic (exact) mass is 764 g/mol. The standard InChI is InChI=1S/C56H36N4/c1-4-17-38(18-5-1)49-36-50(39-19-6-2-7-20-39)59-55(58-49)60-51-31-29-41(35-46(51)54-43-23-11-10-16-37(43)28-32-52(54)60)40-27-30-48-45(34-40)44-24-12-13-25-47(44)56(48,42-21-8-3-9-22-42)53-26-14-15-33-57-53/h1-36H/t56-/m0/s1. The third-order valence-corrected chi connectivity index (χ3v) is 12.3. The molecule has 0 unspecified atom stereocenters. The van der Waals surface area contributed by atoms with E-state index in [-0.39, 0.29) is 0 Å². The number of hydrogen-bond donors (Lipinski definition) is 0. The molecule has 11 aromatic rings. The number of pyridine rings is 1. The first-order valence-corrected chi connectivity index (χ1v) is 20.4. The molecule has 0 radical (unpaired) electrons. The maximum atomic E-state index is 5.30. The van der Waals surface area contributed by atoms with Gasteiger partial charge < -0.3 is 0 Å². The smallest absolute Gasteiger partial charge is 0.235 e. The van der Waals surface area contributed by atoms with Crippen LogP contribution in [0.25, 0.3) is 83.3 Å². The van der Waals surface area contributed by atoms with Crippen LogP contribution in [0.5, 0.6) is 0 Å². The topological polar surface area (TPSA) is 43.6 Å². The summed E-state index contributed by atoms with van der Waals surface area (Å²) in [6.07, 6.45) is 1.91. The van der Waals surface area contributed by atoms with Crippen LogP contribution in [0.15, 0.2) is 219 Å². The Kier molecular flexibility index (Phi) is 7.72. The summed E-state index contributed by atoms with van der Waals surface area (Å²) in [4.78, 5) is 15.6. The number of rotatable bonds is 6. The maximum absolute atomic E-state index is 5.30. The van der Waals surface area contributed by atoms with Crippen molar-refractivity contribution in [1.29, 1.82) is 0 Å². The van der Waals surface area contributed by atoms with Gasteiger partial charge in [-0.2, -0.15) is 0 Å². The number of benzene rings is 8. The second kappa shape index (κ2) is 13.6. The van der Waals surface area contributed by atoms with Crippen LogP contribution in [0.1, 0.15) is 22.4 Å². The molecule has 8 aromatic carbocycles. The van der Waals surface area contributed by atoms with Gasteiger partial charge in [-0.25, -0.2) is 9.97 Å². The molecular formula is C56H36N4. The molecular weight excluding hydrogens is 729 g/mol. The quantitative estimate of drug-likeness (QED) is 0.169. The lowest BCUT2D eigenvalue weighted by atomic mass is 9.70. The first-order valence-electron chi connectivity index (χ1n) is 20.4. The lowest BCUT2D eigenvalue weighted by molar-refractivity contribution is 0.735. The van der Waals surface area contributed by atoms with Gasteiger partial charge in [0, 0.05) is 28.1 Å². The molecule has 0 saturated carbocycles. The van der Waals surface area contributed by atoms with Gasteiger partial charge in [0.1, 0.15) is 0 Å². The van der Waals surface area contributed by atoms with E-state index in [4.69, 9.17) is 15.0 Å². The van der Waals surface area contributed by atoms with Gasteiger partial charge in [-0.15, -0.1) is 0 Å². The Morgan fingerprint density at radius 3 is 1.77 bits per heavy atom. The minimum atomic E-state index is -0.545. The third kappa shape index (κ3) is 5.14. The molecule has 0 amide bonds. The van der Waals surface area contributed by atoms with E-state index >= 15 is 0 Å². The van der Waals surface area contributed by atoms with Crippen molar-refractivity contribution in [2.24, 2.45) is 0 Å². The molecule has 280 valence electrons. The van der Waals surface area contributed by atoms with Crippen molar-refractivity contribution >= 4 is 32.6 Å². The van der Waals surface area contributed by atoms with Gasteiger partial charge in [0.2, 0.25) is 5.95 Å². The maximum Gasteiger partial charge on any atom is 0.235 e. The summed E-state index contributed by atoms with van der Waals surface area (Å²) in [5.41, 5.74) is 14.9. The molecule has 0 aliphatic heterocycles. The number of hydrogen-bond acceptors (Lipinski definition) is 3. The summed E-state index contributed by atoms with van der Waals surface area (Å²) in [5.74, 6) is 0.638. The fourth-order valence-corrected chi connectivity index (χ4v) is 9.70. The van der Waals surface area contributed by atoms with Crippen LogP contribution in [0.3, 0.4) is 0 Å². The highest BCUT2D eigenvalue weighted by Crippen LogP contribution is 2.56. The summed E-state index contributed by atoms with van der Waals surface area (Å²) < 4.78 is 2.25. The van der Waals surface area contributed by atoms with E-state index in [9.17, 15) is 0 Å². The highest BCUT2D eigenvalue weighted by Gasteiger charge is 2.47. The molecule has 3 aromatic heterocycles. The van der Waals surface area contributed by atoms with Crippen LogP contribution in [0, 0.1) is 0 Å². The molecule has 12 rings (SSSR count). The Balaban J connectivity index is 1.10. The van der Waals surface area contributed by atoms with E-state index < -0.39 is 5.41 Å². The van der Waals surface area contributed by atoms with Gasteiger partial charge in [-0.1, -0.05) is 170 Å². The van der Waals surface area contributed by atoms with Crippen LogP contribution < -0.4 is 0 Å². The van der Waals surface area contributed by atoms with Crippen LogP contribution in [-0.4, -0.2) is 19.5 Å². The summed E-state index contributed by atoms with van der Waals surface area (Å²) in [7, 11) is 0. The van der Waals surface area contributed by atoms with Gasteiger partial charge in [0.25, 0.3) is 0 Å². The van der Waals surface area contributed by atoms with Crippen molar-refractivity contribution in [3.63, 3.8) is 0 Å². The Morgan fingerprint density at radius 1 is 0.400 bits per heavy atom. The second-order valence-electron chi connectivity index (χ2n) is 15.6. The Hall–Kier alpha value is -7.95. The largest absolute Gasteiger partial charge is 0.278 e. The first-order chi connectivity index (χ1) is 29.8. The Morgan fingerprint density at radius 2 is 1.02 bits per heavy atom. The van der Waals surface area contributed by atoms with Crippen molar-refractivity contribution in [2.45, 2.75) is 5.41 Å². The van der Waals surface area contributed by atoms with Gasteiger partial charge in [-0.3, -0.25) is 9.55 Å². The zero-order valence-electron chi connectivity index (χ0n) is 32.6. The van der Waals surface area contributed by atoms with E-state index in [1.165, 1.54) is 44.0 Å². The lowest BCUT2D eigenvalue weighted by Crippen LogP contribution is -2.29. The third-order valence-electron chi connectivity index (χ3n) is 12.3. The molecule has 4 nitrogen and oxygen atoms in total. The molecule has 1 aliphatic carbocycles. The average Bonchev–Trinajstić information content (AvgIpc) is 3.83. The van der Waals surface area contributed by atoms with Crippen molar-refractivity contribution in [1.82, 2.24) is 19.5 Å². The molecule has 0 bridgehead atoms. The van der Waals surface area contributed by atoms with Gasteiger partial charge in [0.15, 0.2) is 0 Å². The highest BCUT2D eigenvalue weighted by molar-refractivity contribution is 6.21. The minimum absolute atomic E-state index is 0.545. The zero-order chi connectivity index (χ0) is 39.6. The molecule has 0 saturated heterocycles. The van der Waals surface area contributed by atoms with E-state index in [1.54, 1.807) is 0 Å². The summed E-state index contributed by atoms with van der Waals surface area (Å²) in [5, 5.41) is 4.73. The predicted octanol–water partition coefficient (Wildman–Crippen LogP) is 13.5. The van der Waals surface area contributed by atoms with Crippen LogP contribution >= 0.6 is 0 Å². The van der Waals surface area contributed by atoms with Crippen molar-refractivity contribution < 1.29 is 0 Å². The van der Waals surface area contributed by atoms with E-state index in [1.807, 2.05) is 24.4 Å². The fourth-order valence-electron chi connectivity index (χ4n) is 9.70. The summed E-state index contributed by atoms with van der Waals surface area (Å²) in [6.45, 7) is 0. The van der Waals surface area contributed by atoms with Crippen LogP contribution in [0.2, 0.25) is 0 Å². The van der Waals surface area contributed by atoms with Crippen LogP contribution in [0.4, 0.5) is 0 Å². The van der Waals surface area contributed by atoms with Gasteiger partial charge in [0.05, 0.1) is 33.5 Å². The molecule has 0 N–H and O–H groups in total. The van der Waals surface area contributed by atoms with Crippen molar-refractivity contribution in [2.75, 3.05) is 0 Å². The molecule has 4 heteroatoms. The first kappa shape index (κ1) is 34.1. The van der Waals surface area contributed by atoms with Crippen molar-refractivity contribution in [3.05, 3.63) is 241 Å². The minimum Gasteiger partial charge on any atom is -0.278 e. The number of aromatic nitrogens is 4. The molecule has 0 spiro atoms. The normalized spacial score (nSPS) is 14.4. The molecule has 0 fully saturated rings. The van der Waals surface area contributed by atoms with Gasteiger partial charge >= 0.3 is 0 Å². The molecule has 3 heterocycles. The average molecular weight is 765 g/mol. The Labute approximate surface area is 347 Å². The van der Waals surface area contributed by atoms with E-state index in [2.05, 4.69) is 199 Å². The van der Waals surface area contributed by atoms with E-state index in [0.717, 1.165) is 55.8 Å². The van der Waals surface area contributed by atoms with Crippen LogP contribution in [-0.2, 0) is 5.41 Å². The van der Waals surface area contributed by atoms with Gasteiger partial charge in [-0.05, 0) is 92.2 Å². The lowest BCUT2D eigenvalue weighted by Gasteiger charge is -2.32. The summed E-state index contributed by atoms with van der Waals surface area (Å²) >= 11 is 0. The predicted molar refractivity (Wildman–Crippen MR) is 245 cm³/mol. The zero-order valence-corrected chi connectivity index (χ0v) is 32.6. The molecule has 60 heavy (non-hydrogen) atoms. The number of nitrogens with zero attached hydrogens (tertiary/aromatic N) is 4. The van der Waals surface area contributed by atoms with E-state index in [0.29, 0.717) is 5.95 Å². The fraction of sp³-hybridized carbons (Fsp3) is 0.0179. The molecule has 1 atom stereocenters.